The fourth-order valence-corrected chi connectivity index (χ4v) is 3.87. The molecule has 1 aromatic heterocycles. The highest BCUT2D eigenvalue weighted by Crippen LogP contribution is 2.24. The molecule has 5 nitrogen and oxygen atoms in total. The molecule has 1 amide bonds. The number of hydrogen-bond donors (Lipinski definition) is 1. The third-order valence-corrected chi connectivity index (χ3v) is 5.34. The van der Waals surface area contributed by atoms with Crippen LogP contribution in [0.4, 0.5) is 0 Å². The predicted molar refractivity (Wildman–Crippen MR) is 88.9 cm³/mol. The summed E-state index contributed by atoms with van der Waals surface area (Å²) in [6, 6.07) is 4.51. The number of likely N-dealkylation sites (N-methyl/N-ethyl adjacent to an activating group) is 1. The van der Waals surface area contributed by atoms with Crippen molar-refractivity contribution in [3.05, 3.63) is 30.1 Å². The summed E-state index contributed by atoms with van der Waals surface area (Å²) in [4.78, 5) is 20.6. The van der Waals surface area contributed by atoms with Gasteiger partial charge in [0.25, 0.3) is 0 Å². The van der Waals surface area contributed by atoms with Gasteiger partial charge in [-0.2, -0.15) is 0 Å². The normalized spacial score (nSPS) is 25.4. The zero-order chi connectivity index (χ0) is 16.2. The van der Waals surface area contributed by atoms with Gasteiger partial charge in [0, 0.05) is 37.4 Å². The highest BCUT2D eigenvalue weighted by molar-refractivity contribution is 5.78. The molecule has 1 aliphatic carbocycles. The van der Waals surface area contributed by atoms with Gasteiger partial charge in [0.1, 0.15) is 0 Å². The van der Waals surface area contributed by atoms with Crippen LogP contribution in [0.15, 0.2) is 24.5 Å². The number of carbonyl (C=O) groups excluding carboxylic acids is 1. The molecule has 0 bridgehead atoms. The zero-order valence-corrected chi connectivity index (χ0v) is 13.9. The molecule has 0 spiro atoms. The highest BCUT2D eigenvalue weighted by atomic mass is 16.3. The van der Waals surface area contributed by atoms with Gasteiger partial charge in [-0.05, 0) is 44.0 Å². The standard InChI is InChI=1S/C18H27N3O2/c1-20(16-4-2-3-5-16)13-18(23)21-11-15(17(22)12-21)10-14-6-8-19-9-7-14/h6-9,15-17,22H,2-5,10-13H2,1H3/t15-,17+/m1/s1. The highest BCUT2D eigenvalue weighted by Gasteiger charge is 2.34. The first-order valence-electron chi connectivity index (χ1n) is 8.68. The summed E-state index contributed by atoms with van der Waals surface area (Å²) in [7, 11) is 2.05. The predicted octanol–water partition coefficient (Wildman–Crippen LogP) is 1.32. The van der Waals surface area contributed by atoms with E-state index in [2.05, 4.69) is 16.9 Å². The first-order valence-corrected chi connectivity index (χ1v) is 8.68. The van der Waals surface area contributed by atoms with Crippen molar-refractivity contribution < 1.29 is 9.90 Å². The van der Waals surface area contributed by atoms with E-state index in [1.54, 1.807) is 12.4 Å². The number of aliphatic hydroxyl groups is 1. The van der Waals surface area contributed by atoms with Gasteiger partial charge in [-0.3, -0.25) is 14.7 Å². The molecule has 0 radical (unpaired) electrons. The monoisotopic (exact) mass is 317 g/mol. The Hall–Kier alpha value is -1.46. The van der Waals surface area contributed by atoms with Crippen molar-refractivity contribution in [2.45, 2.75) is 44.2 Å². The summed E-state index contributed by atoms with van der Waals surface area (Å²) < 4.78 is 0. The number of amides is 1. The van der Waals surface area contributed by atoms with Crippen LogP contribution in [0.25, 0.3) is 0 Å². The number of aromatic nitrogens is 1. The average Bonchev–Trinajstić information content (AvgIpc) is 3.19. The van der Waals surface area contributed by atoms with Crippen LogP contribution in [-0.4, -0.2) is 64.6 Å². The van der Waals surface area contributed by atoms with Gasteiger partial charge in [0.2, 0.25) is 5.91 Å². The fourth-order valence-electron chi connectivity index (χ4n) is 3.87. The smallest absolute Gasteiger partial charge is 0.236 e. The van der Waals surface area contributed by atoms with Gasteiger partial charge < -0.3 is 10.0 Å². The Morgan fingerprint density at radius 1 is 1.30 bits per heavy atom. The summed E-state index contributed by atoms with van der Waals surface area (Å²) in [6.07, 6.45) is 8.88. The lowest BCUT2D eigenvalue weighted by Gasteiger charge is -2.26. The van der Waals surface area contributed by atoms with Crippen LogP contribution >= 0.6 is 0 Å². The summed E-state index contributed by atoms with van der Waals surface area (Å²) in [5.41, 5.74) is 1.17. The lowest BCUT2D eigenvalue weighted by Crippen LogP contribution is -2.41. The van der Waals surface area contributed by atoms with Crippen molar-refractivity contribution in [3.8, 4) is 0 Å². The van der Waals surface area contributed by atoms with Gasteiger partial charge in [-0.25, -0.2) is 0 Å². The van der Waals surface area contributed by atoms with Gasteiger partial charge in [-0.15, -0.1) is 0 Å². The molecule has 2 heterocycles. The number of rotatable bonds is 5. The van der Waals surface area contributed by atoms with Gasteiger partial charge in [-0.1, -0.05) is 12.8 Å². The van der Waals surface area contributed by atoms with E-state index >= 15 is 0 Å². The van der Waals surface area contributed by atoms with E-state index in [-0.39, 0.29) is 11.8 Å². The topological polar surface area (TPSA) is 56.7 Å². The number of β-amino-alcohol motifs (C(OH)–C–C–N with tert-alkyl or cyclic N) is 1. The van der Waals surface area contributed by atoms with Crippen LogP contribution in [0.1, 0.15) is 31.2 Å². The molecule has 1 saturated carbocycles. The van der Waals surface area contributed by atoms with E-state index in [4.69, 9.17) is 0 Å². The van der Waals surface area contributed by atoms with E-state index in [1.807, 2.05) is 17.0 Å². The quantitative estimate of drug-likeness (QED) is 0.890. The molecular weight excluding hydrogens is 290 g/mol. The zero-order valence-electron chi connectivity index (χ0n) is 13.9. The number of nitrogens with zero attached hydrogens (tertiary/aromatic N) is 3. The van der Waals surface area contributed by atoms with Crippen molar-refractivity contribution in [2.24, 2.45) is 5.92 Å². The van der Waals surface area contributed by atoms with E-state index in [1.165, 1.54) is 31.2 Å². The largest absolute Gasteiger partial charge is 0.391 e. The van der Waals surface area contributed by atoms with Crippen LogP contribution < -0.4 is 0 Å². The lowest BCUT2D eigenvalue weighted by atomic mass is 9.97. The molecule has 0 aromatic carbocycles. The second kappa shape index (κ2) is 7.41. The number of carbonyl (C=O) groups is 1. The second-order valence-electron chi connectivity index (χ2n) is 7.04. The minimum Gasteiger partial charge on any atom is -0.391 e. The summed E-state index contributed by atoms with van der Waals surface area (Å²) in [5.74, 6) is 0.272. The summed E-state index contributed by atoms with van der Waals surface area (Å²) in [6.45, 7) is 1.59. The molecule has 5 heteroatoms. The van der Waals surface area contributed by atoms with E-state index in [0.29, 0.717) is 25.7 Å². The maximum Gasteiger partial charge on any atom is 0.236 e. The third kappa shape index (κ3) is 4.09. The minimum absolute atomic E-state index is 0.123. The van der Waals surface area contributed by atoms with Crippen LogP contribution in [0, 0.1) is 5.92 Å². The Labute approximate surface area is 138 Å². The molecular formula is C18H27N3O2. The molecule has 3 rings (SSSR count). The summed E-state index contributed by atoms with van der Waals surface area (Å²) in [5, 5.41) is 10.3. The Balaban J connectivity index is 1.52. The maximum atomic E-state index is 12.5. The Bertz CT molecular complexity index is 516. The van der Waals surface area contributed by atoms with Gasteiger partial charge >= 0.3 is 0 Å². The molecule has 2 atom stereocenters. The molecule has 2 fully saturated rings. The maximum absolute atomic E-state index is 12.5. The van der Waals surface area contributed by atoms with Crippen molar-refractivity contribution in [3.63, 3.8) is 0 Å². The minimum atomic E-state index is -0.427. The van der Waals surface area contributed by atoms with Gasteiger partial charge in [0.15, 0.2) is 0 Å². The molecule has 23 heavy (non-hydrogen) atoms. The third-order valence-electron chi connectivity index (χ3n) is 5.34. The van der Waals surface area contributed by atoms with Crippen molar-refractivity contribution in [2.75, 3.05) is 26.7 Å². The lowest BCUT2D eigenvalue weighted by molar-refractivity contribution is -0.132. The number of aliphatic hydroxyl groups excluding tert-OH is 1. The van der Waals surface area contributed by atoms with Crippen LogP contribution in [0.3, 0.4) is 0 Å². The molecule has 126 valence electrons. The van der Waals surface area contributed by atoms with E-state index in [0.717, 1.165) is 6.42 Å². The Morgan fingerprint density at radius 3 is 2.70 bits per heavy atom. The Kier molecular flexibility index (Phi) is 5.28. The van der Waals surface area contributed by atoms with Crippen LogP contribution in [-0.2, 0) is 11.2 Å². The molecule has 1 N–H and O–H groups in total. The molecule has 0 unspecified atom stereocenters. The number of pyridine rings is 1. The molecule has 1 aromatic rings. The van der Waals surface area contributed by atoms with Gasteiger partial charge in [0.05, 0.1) is 12.6 Å². The molecule has 1 saturated heterocycles. The van der Waals surface area contributed by atoms with E-state index in [9.17, 15) is 9.90 Å². The van der Waals surface area contributed by atoms with Crippen molar-refractivity contribution in [1.82, 2.24) is 14.8 Å². The first kappa shape index (κ1) is 16.4. The fraction of sp³-hybridized carbons (Fsp3) is 0.667. The first-order chi connectivity index (χ1) is 11.1. The number of hydrogen-bond acceptors (Lipinski definition) is 4. The van der Waals surface area contributed by atoms with Crippen molar-refractivity contribution in [1.29, 1.82) is 0 Å². The van der Waals surface area contributed by atoms with E-state index < -0.39 is 6.10 Å². The summed E-state index contributed by atoms with van der Waals surface area (Å²) >= 11 is 0. The Morgan fingerprint density at radius 2 is 2.00 bits per heavy atom. The van der Waals surface area contributed by atoms with Crippen LogP contribution in [0.2, 0.25) is 0 Å². The molecule has 1 aliphatic heterocycles. The average molecular weight is 317 g/mol. The van der Waals surface area contributed by atoms with Crippen molar-refractivity contribution >= 4 is 5.91 Å². The number of likely N-dealkylation sites (tertiary alicyclic amines) is 1. The van der Waals surface area contributed by atoms with Crippen LogP contribution in [0.5, 0.6) is 0 Å². The molecule has 2 aliphatic rings. The second-order valence-corrected chi connectivity index (χ2v) is 7.04. The SMILES string of the molecule is CN(CC(=O)N1C[C@@H](Cc2ccncc2)[C@@H](O)C1)C1CCCC1.